The number of hydrogen-bond donors (Lipinski definition) is 1. The molecule has 1 fully saturated rings. The SMILES string of the molecule is CCOc1cc(C2/C(=C(\O)c3ccc(OC)c(C(C)(C)C)c3)C(=O)C(=O)N2c2ccc(CC)cc2)ccc1OC. The van der Waals surface area contributed by atoms with Gasteiger partial charge < -0.3 is 19.3 Å². The lowest BCUT2D eigenvalue weighted by Gasteiger charge is -2.26. The largest absolute Gasteiger partial charge is 0.507 e. The topological polar surface area (TPSA) is 85.3 Å². The molecule has 1 unspecified atom stereocenters. The van der Waals surface area contributed by atoms with Crippen molar-refractivity contribution in [3.05, 3.63) is 88.5 Å². The van der Waals surface area contributed by atoms with E-state index in [0.29, 0.717) is 40.7 Å². The number of methoxy groups -OCH3 is 2. The fourth-order valence-electron chi connectivity index (χ4n) is 5.04. The Labute approximate surface area is 236 Å². The quantitative estimate of drug-likeness (QED) is 0.196. The molecule has 1 N–H and O–H groups in total. The molecule has 0 aliphatic carbocycles. The first-order valence-electron chi connectivity index (χ1n) is 13.4. The van der Waals surface area contributed by atoms with E-state index in [0.717, 1.165) is 17.5 Å². The van der Waals surface area contributed by atoms with Crippen molar-refractivity contribution in [3.63, 3.8) is 0 Å². The third-order valence-corrected chi connectivity index (χ3v) is 7.15. The van der Waals surface area contributed by atoms with E-state index in [9.17, 15) is 14.7 Å². The zero-order valence-electron chi connectivity index (χ0n) is 24.2. The lowest BCUT2D eigenvalue weighted by molar-refractivity contribution is -0.132. The zero-order chi connectivity index (χ0) is 29.2. The number of nitrogens with zero attached hydrogens (tertiary/aromatic N) is 1. The number of carbonyl (C=O) groups is 2. The summed E-state index contributed by atoms with van der Waals surface area (Å²) < 4.78 is 16.8. The second kappa shape index (κ2) is 11.5. The number of aliphatic hydroxyl groups is 1. The Morgan fingerprint density at radius 1 is 0.875 bits per heavy atom. The zero-order valence-corrected chi connectivity index (χ0v) is 24.2. The number of rotatable bonds is 8. The van der Waals surface area contributed by atoms with Crippen molar-refractivity contribution in [2.24, 2.45) is 0 Å². The first kappa shape index (κ1) is 28.7. The van der Waals surface area contributed by atoms with Crippen LogP contribution in [0.1, 0.15) is 62.9 Å². The molecule has 1 atom stereocenters. The fraction of sp³-hybridized carbons (Fsp3) is 0.333. The van der Waals surface area contributed by atoms with Crippen molar-refractivity contribution < 1.29 is 28.9 Å². The summed E-state index contributed by atoms with van der Waals surface area (Å²) in [5.41, 5.74) is 3.26. The summed E-state index contributed by atoms with van der Waals surface area (Å²) in [5, 5.41) is 11.7. The summed E-state index contributed by atoms with van der Waals surface area (Å²) in [4.78, 5) is 28.7. The summed E-state index contributed by atoms with van der Waals surface area (Å²) >= 11 is 0. The standard InChI is InChI=1S/C33H37NO6/c1-8-20-10-14-23(15-11-20)34-29(21-12-17-26(39-7)27(19-21)40-9-2)28(31(36)32(34)37)30(35)22-13-16-25(38-6)24(18-22)33(3,4)5/h10-19,29,35H,8-9H2,1-7H3/b30-28+. The molecule has 4 rings (SSSR count). The van der Waals surface area contributed by atoms with Crippen molar-refractivity contribution in [1.29, 1.82) is 0 Å². The molecule has 0 spiro atoms. The number of ketones is 1. The normalized spacial score (nSPS) is 16.8. The molecule has 0 radical (unpaired) electrons. The summed E-state index contributed by atoms with van der Waals surface area (Å²) in [5.74, 6) is -0.0432. The summed E-state index contributed by atoms with van der Waals surface area (Å²) in [6.45, 7) is 10.4. The molecule has 7 heteroatoms. The number of ether oxygens (including phenoxy) is 3. The van der Waals surface area contributed by atoms with Crippen LogP contribution in [0.25, 0.3) is 5.76 Å². The monoisotopic (exact) mass is 543 g/mol. The third-order valence-electron chi connectivity index (χ3n) is 7.15. The van der Waals surface area contributed by atoms with Gasteiger partial charge in [-0.3, -0.25) is 14.5 Å². The van der Waals surface area contributed by atoms with Crippen molar-refractivity contribution in [2.75, 3.05) is 25.7 Å². The highest BCUT2D eigenvalue weighted by molar-refractivity contribution is 6.51. The van der Waals surface area contributed by atoms with Crippen LogP contribution in [-0.2, 0) is 21.4 Å². The van der Waals surface area contributed by atoms with E-state index < -0.39 is 17.7 Å². The number of aryl methyl sites for hydroxylation is 1. The van der Waals surface area contributed by atoms with Crippen LogP contribution in [0.3, 0.4) is 0 Å². The smallest absolute Gasteiger partial charge is 0.300 e. The van der Waals surface area contributed by atoms with Gasteiger partial charge in [-0.15, -0.1) is 0 Å². The maximum atomic E-state index is 13.7. The molecule has 210 valence electrons. The highest BCUT2D eigenvalue weighted by atomic mass is 16.5. The second-order valence-corrected chi connectivity index (χ2v) is 10.7. The van der Waals surface area contributed by atoms with Gasteiger partial charge in [0.15, 0.2) is 11.5 Å². The van der Waals surface area contributed by atoms with Crippen LogP contribution in [0.5, 0.6) is 17.2 Å². The molecular formula is C33H37NO6. The molecule has 0 bridgehead atoms. The van der Waals surface area contributed by atoms with E-state index >= 15 is 0 Å². The van der Waals surface area contributed by atoms with Gasteiger partial charge in [0.1, 0.15) is 11.5 Å². The van der Waals surface area contributed by atoms with Crippen LogP contribution in [0.4, 0.5) is 5.69 Å². The average molecular weight is 544 g/mol. The van der Waals surface area contributed by atoms with Gasteiger partial charge in [0, 0.05) is 16.8 Å². The van der Waals surface area contributed by atoms with E-state index in [1.54, 1.807) is 44.6 Å². The molecule has 1 amide bonds. The summed E-state index contributed by atoms with van der Waals surface area (Å²) in [7, 11) is 3.15. The predicted octanol–water partition coefficient (Wildman–Crippen LogP) is 6.59. The Balaban J connectivity index is 1.97. The van der Waals surface area contributed by atoms with Crippen LogP contribution < -0.4 is 19.1 Å². The lowest BCUT2D eigenvalue weighted by Crippen LogP contribution is -2.29. The molecule has 7 nitrogen and oxygen atoms in total. The Morgan fingerprint density at radius 3 is 2.10 bits per heavy atom. The first-order valence-corrected chi connectivity index (χ1v) is 13.4. The predicted molar refractivity (Wildman–Crippen MR) is 156 cm³/mol. The molecule has 1 saturated heterocycles. The molecule has 1 aliphatic rings. The number of benzene rings is 3. The van der Waals surface area contributed by atoms with E-state index in [1.165, 1.54) is 4.90 Å². The van der Waals surface area contributed by atoms with Crippen molar-refractivity contribution >= 4 is 23.1 Å². The van der Waals surface area contributed by atoms with Crippen molar-refractivity contribution in [3.8, 4) is 17.2 Å². The Morgan fingerprint density at radius 2 is 1.52 bits per heavy atom. The minimum atomic E-state index is -0.891. The minimum absolute atomic E-state index is 0.00205. The van der Waals surface area contributed by atoms with Gasteiger partial charge >= 0.3 is 0 Å². The highest BCUT2D eigenvalue weighted by Crippen LogP contribution is 2.45. The summed E-state index contributed by atoms with van der Waals surface area (Å²) in [6, 6.07) is 17.2. The lowest BCUT2D eigenvalue weighted by atomic mass is 9.84. The van der Waals surface area contributed by atoms with Gasteiger partial charge in [-0.25, -0.2) is 0 Å². The third kappa shape index (κ3) is 5.28. The number of amides is 1. The Bertz CT molecular complexity index is 1450. The number of aliphatic hydroxyl groups excluding tert-OH is 1. The number of hydrogen-bond acceptors (Lipinski definition) is 6. The fourth-order valence-corrected chi connectivity index (χ4v) is 5.04. The molecule has 3 aromatic rings. The molecule has 0 saturated carbocycles. The Hall–Kier alpha value is -4.26. The van der Waals surface area contributed by atoms with Crippen molar-refractivity contribution in [1.82, 2.24) is 0 Å². The van der Waals surface area contributed by atoms with Crippen LogP contribution in [-0.4, -0.2) is 37.6 Å². The molecule has 3 aromatic carbocycles. The van der Waals surface area contributed by atoms with E-state index in [2.05, 4.69) is 6.92 Å². The van der Waals surface area contributed by atoms with Gasteiger partial charge in [0.2, 0.25) is 0 Å². The van der Waals surface area contributed by atoms with Gasteiger partial charge in [0.25, 0.3) is 11.7 Å². The van der Waals surface area contributed by atoms with Crippen molar-refractivity contribution in [2.45, 2.75) is 52.5 Å². The molecule has 0 aromatic heterocycles. The van der Waals surface area contributed by atoms with Gasteiger partial charge in [0.05, 0.1) is 32.4 Å². The van der Waals surface area contributed by atoms with Crippen LogP contribution in [0.2, 0.25) is 0 Å². The number of Topliss-reactive ketones (excluding diaryl/α,β-unsaturated/α-hetero) is 1. The van der Waals surface area contributed by atoms with E-state index in [4.69, 9.17) is 14.2 Å². The molecule has 1 heterocycles. The molecule has 40 heavy (non-hydrogen) atoms. The maximum Gasteiger partial charge on any atom is 0.300 e. The van der Waals surface area contributed by atoms with Gasteiger partial charge in [-0.1, -0.05) is 45.9 Å². The van der Waals surface area contributed by atoms with Crippen LogP contribution >= 0.6 is 0 Å². The molecular weight excluding hydrogens is 506 g/mol. The Kier molecular flexibility index (Phi) is 8.24. The number of anilines is 1. The molecule has 1 aliphatic heterocycles. The van der Waals surface area contributed by atoms with Gasteiger partial charge in [-0.2, -0.15) is 0 Å². The van der Waals surface area contributed by atoms with Crippen LogP contribution in [0, 0.1) is 0 Å². The maximum absolute atomic E-state index is 13.7. The van der Waals surface area contributed by atoms with Gasteiger partial charge in [-0.05, 0) is 72.4 Å². The second-order valence-electron chi connectivity index (χ2n) is 10.7. The van der Waals surface area contributed by atoms with E-state index in [1.807, 2.05) is 58.0 Å². The summed E-state index contributed by atoms with van der Waals surface area (Å²) in [6.07, 6.45) is 0.840. The van der Waals surface area contributed by atoms with Crippen LogP contribution in [0.15, 0.2) is 66.2 Å². The highest BCUT2D eigenvalue weighted by Gasteiger charge is 2.47. The minimum Gasteiger partial charge on any atom is -0.507 e. The number of carbonyl (C=O) groups excluding carboxylic acids is 2. The first-order chi connectivity index (χ1) is 19.0. The van der Waals surface area contributed by atoms with E-state index in [-0.39, 0.29) is 16.7 Å². The average Bonchev–Trinajstić information content (AvgIpc) is 3.21.